The molecule has 0 radical (unpaired) electrons. The van der Waals surface area contributed by atoms with Gasteiger partial charge >= 0.3 is 0 Å². The third-order valence-corrected chi connectivity index (χ3v) is 3.85. The maximum Gasteiger partial charge on any atom is 0.239 e. The third-order valence-electron chi connectivity index (χ3n) is 3.85. The maximum absolute atomic E-state index is 12.1. The largest absolute Gasteiger partial charge is 0.388 e. The molecule has 1 unspecified atom stereocenters. The summed E-state index contributed by atoms with van der Waals surface area (Å²) in [5.41, 5.74) is -0.609. The van der Waals surface area contributed by atoms with Crippen LogP contribution in [0.15, 0.2) is 0 Å². The molecule has 1 amide bonds. The van der Waals surface area contributed by atoms with Gasteiger partial charge in [-0.15, -0.1) is 0 Å². The minimum absolute atomic E-state index is 0.0417. The van der Waals surface area contributed by atoms with Gasteiger partial charge in [0, 0.05) is 19.1 Å². The zero-order chi connectivity index (χ0) is 12.5. The van der Waals surface area contributed by atoms with Gasteiger partial charge in [0.05, 0.1) is 11.6 Å². The number of carbonyl (C=O) groups excluding carboxylic acids is 1. The number of hydrogen-bond acceptors (Lipinski definition) is 3. The Hall–Kier alpha value is -0.610. The Kier molecular flexibility index (Phi) is 3.73. The molecule has 1 aliphatic heterocycles. The summed E-state index contributed by atoms with van der Waals surface area (Å²) < 4.78 is 0. The van der Waals surface area contributed by atoms with E-state index in [9.17, 15) is 9.90 Å². The van der Waals surface area contributed by atoms with Crippen molar-refractivity contribution in [1.82, 2.24) is 10.2 Å². The van der Waals surface area contributed by atoms with Crippen molar-refractivity contribution in [3.8, 4) is 0 Å². The minimum atomic E-state index is -0.609. The van der Waals surface area contributed by atoms with Crippen LogP contribution < -0.4 is 5.32 Å². The zero-order valence-electron chi connectivity index (χ0n) is 10.9. The van der Waals surface area contributed by atoms with E-state index >= 15 is 0 Å². The third kappa shape index (κ3) is 2.99. The molecule has 4 nitrogen and oxygen atoms in total. The van der Waals surface area contributed by atoms with Crippen LogP contribution >= 0.6 is 0 Å². The highest BCUT2D eigenvalue weighted by atomic mass is 16.3. The minimum Gasteiger partial charge on any atom is -0.388 e. The first kappa shape index (κ1) is 12.8. The summed E-state index contributed by atoms with van der Waals surface area (Å²) >= 11 is 0. The van der Waals surface area contributed by atoms with Crippen molar-refractivity contribution in [1.29, 1.82) is 0 Å². The maximum atomic E-state index is 12.1. The molecule has 98 valence electrons. The number of hydrogen-bond donors (Lipinski definition) is 2. The first-order valence-corrected chi connectivity index (χ1v) is 6.77. The molecule has 2 N–H and O–H groups in total. The predicted molar refractivity (Wildman–Crippen MR) is 66.7 cm³/mol. The second-order valence-electron chi connectivity index (χ2n) is 5.85. The van der Waals surface area contributed by atoms with Gasteiger partial charge in [0.1, 0.15) is 0 Å². The molecule has 2 aliphatic rings. The monoisotopic (exact) mass is 240 g/mol. The lowest BCUT2D eigenvalue weighted by Gasteiger charge is -2.28. The molecule has 4 heteroatoms. The van der Waals surface area contributed by atoms with Gasteiger partial charge in [-0.25, -0.2) is 0 Å². The fraction of sp³-hybridized carbons (Fsp3) is 0.923. The van der Waals surface area contributed by atoms with E-state index < -0.39 is 5.60 Å². The highest BCUT2D eigenvalue weighted by Crippen LogP contribution is 2.31. The molecule has 1 saturated heterocycles. The Morgan fingerprint density at radius 3 is 2.71 bits per heavy atom. The first-order valence-electron chi connectivity index (χ1n) is 6.77. The summed E-state index contributed by atoms with van der Waals surface area (Å²) in [6.45, 7) is 5.43. The highest BCUT2D eigenvalue weighted by Gasteiger charge is 2.39. The van der Waals surface area contributed by atoms with Gasteiger partial charge in [-0.05, 0) is 19.3 Å². The van der Waals surface area contributed by atoms with Crippen molar-refractivity contribution in [3.05, 3.63) is 0 Å². The van der Waals surface area contributed by atoms with Gasteiger partial charge in [-0.3, -0.25) is 4.79 Å². The van der Waals surface area contributed by atoms with E-state index in [2.05, 4.69) is 19.2 Å². The number of rotatable bonds is 4. The summed E-state index contributed by atoms with van der Waals surface area (Å²) in [4.78, 5) is 14.0. The molecular formula is C13H24N2O2. The number of likely N-dealkylation sites (tertiary alicyclic amines) is 1. The molecule has 0 aromatic heterocycles. The van der Waals surface area contributed by atoms with Gasteiger partial charge in [0.25, 0.3) is 0 Å². The Morgan fingerprint density at radius 2 is 2.12 bits per heavy atom. The fourth-order valence-corrected chi connectivity index (χ4v) is 3.00. The Morgan fingerprint density at radius 1 is 1.47 bits per heavy atom. The van der Waals surface area contributed by atoms with Crippen molar-refractivity contribution in [2.45, 2.75) is 63.6 Å². The van der Waals surface area contributed by atoms with Crippen LogP contribution in [-0.4, -0.2) is 46.7 Å². The smallest absolute Gasteiger partial charge is 0.239 e. The van der Waals surface area contributed by atoms with Crippen molar-refractivity contribution < 1.29 is 9.90 Å². The quantitative estimate of drug-likeness (QED) is 0.767. The van der Waals surface area contributed by atoms with E-state index in [1.165, 1.54) is 0 Å². The second-order valence-corrected chi connectivity index (χ2v) is 5.85. The van der Waals surface area contributed by atoms with E-state index in [4.69, 9.17) is 0 Å². The fourth-order valence-electron chi connectivity index (χ4n) is 3.00. The average molecular weight is 240 g/mol. The molecule has 1 saturated carbocycles. The average Bonchev–Trinajstić information content (AvgIpc) is 2.79. The van der Waals surface area contributed by atoms with Gasteiger partial charge in [-0.2, -0.15) is 0 Å². The number of nitrogens with one attached hydrogen (secondary N) is 1. The highest BCUT2D eigenvalue weighted by molar-refractivity contribution is 5.84. The van der Waals surface area contributed by atoms with Crippen LogP contribution in [0.4, 0.5) is 0 Å². The van der Waals surface area contributed by atoms with E-state index in [-0.39, 0.29) is 11.9 Å². The molecule has 1 atom stereocenters. The summed E-state index contributed by atoms with van der Waals surface area (Å²) in [7, 11) is 0. The lowest BCUT2D eigenvalue weighted by Crippen LogP contribution is -2.46. The Labute approximate surface area is 103 Å². The van der Waals surface area contributed by atoms with Gasteiger partial charge in [0.15, 0.2) is 0 Å². The van der Waals surface area contributed by atoms with E-state index in [0.29, 0.717) is 12.6 Å². The van der Waals surface area contributed by atoms with E-state index in [0.717, 1.165) is 38.6 Å². The van der Waals surface area contributed by atoms with Crippen LogP contribution in [0.5, 0.6) is 0 Å². The zero-order valence-corrected chi connectivity index (χ0v) is 10.9. The number of aliphatic hydroxyl groups is 1. The van der Waals surface area contributed by atoms with Crippen LogP contribution in [0, 0.1) is 0 Å². The molecule has 0 spiro atoms. The molecule has 2 fully saturated rings. The number of nitrogens with zero attached hydrogens (tertiary/aromatic N) is 1. The Bertz CT molecular complexity index is 285. The molecule has 0 aromatic rings. The number of amides is 1. The summed E-state index contributed by atoms with van der Waals surface area (Å²) in [6.07, 6.45) is 4.74. The lowest BCUT2D eigenvalue weighted by atomic mass is 10.0. The summed E-state index contributed by atoms with van der Waals surface area (Å²) in [5.74, 6) is 0.166. The van der Waals surface area contributed by atoms with Crippen LogP contribution in [0.2, 0.25) is 0 Å². The van der Waals surface area contributed by atoms with Crippen molar-refractivity contribution in [3.63, 3.8) is 0 Å². The van der Waals surface area contributed by atoms with E-state index in [1.807, 2.05) is 4.90 Å². The van der Waals surface area contributed by atoms with Crippen molar-refractivity contribution >= 4 is 5.91 Å². The molecular weight excluding hydrogens is 216 g/mol. The lowest BCUT2D eigenvalue weighted by molar-refractivity contribution is -0.132. The standard InChI is InChI=1S/C13H24N2O2/c1-10(2)14-11-5-8-15(12(11)16)9-13(17)6-3-4-7-13/h10-11,14,17H,3-9H2,1-2H3. The van der Waals surface area contributed by atoms with Crippen LogP contribution in [-0.2, 0) is 4.79 Å². The number of β-amino-alcohol motifs (C(OH)–C–C–N with tert-alkyl or cyclic N) is 1. The van der Waals surface area contributed by atoms with Crippen molar-refractivity contribution in [2.75, 3.05) is 13.1 Å². The Balaban J connectivity index is 1.89. The SMILES string of the molecule is CC(C)NC1CCN(CC2(O)CCCC2)C1=O. The molecule has 17 heavy (non-hydrogen) atoms. The molecule has 0 aromatic carbocycles. The molecule has 0 bridgehead atoms. The topological polar surface area (TPSA) is 52.6 Å². The predicted octanol–water partition coefficient (Wildman–Crippen LogP) is 0.890. The van der Waals surface area contributed by atoms with Crippen LogP contribution in [0.1, 0.15) is 46.0 Å². The van der Waals surface area contributed by atoms with Crippen LogP contribution in [0.25, 0.3) is 0 Å². The summed E-state index contributed by atoms with van der Waals surface area (Å²) in [6, 6.07) is 0.290. The molecule has 2 rings (SSSR count). The van der Waals surface area contributed by atoms with E-state index in [1.54, 1.807) is 0 Å². The number of carbonyl (C=O) groups is 1. The normalized spacial score (nSPS) is 28.4. The van der Waals surface area contributed by atoms with Gasteiger partial charge in [-0.1, -0.05) is 26.7 Å². The van der Waals surface area contributed by atoms with Gasteiger partial charge in [0.2, 0.25) is 5.91 Å². The second kappa shape index (κ2) is 4.94. The molecule has 1 heterocycles. The summed E-state index contributed by atoms with van der Waals surface area (Å²) in [5, 5.41) is 13.6. The van der Waals surface area contributed by atoms with Crippen LogP contribution in [0.3, 0.4) is 0 Å². The molecule has 1 aliphatic carbocycles. The first-order chi connectivity index (χ1) is 8.00. The van der Waals surface area contributed by atoms with Crippen molar-refractivity contribution in [2.24, 2.45) is 0 Å². The van der Waals surface area contributed by atoms with Gasteiger partial charge < -0.3 is 15.3 Å².